The molecule has 0 radical (unpaired) electrons. The highest BCUT2D eigenvalue weighted by Gasteiger charge is 2.24. The number of rotatable bonds is 9. The highest BCUT2D eigenvalue weighted by Crippen LogP contribution is 2.17. The molecule has 0 aromatic heterocycles. The smallest absolute Gasteiger partial charge is 0.188 e. The van der Waals surface area contributed by atoms with Crippen molar-refractivity contribution < 1.29 is 4.74 Å². The number of halogens is 1. The standard InChI is InChI=1S/C15H32N4O.HI/c1-4-20-11-7-8-17-15(16)18-12-14(13(2)3)19-9-5-6-10-19;/h13-14H,4-12H2,1-3H3,(H3,16,17,18);1H. The van der Waals surface area contributed by atoms with Gasteiger partial charge in [0.1, 0.15) is 0 Å². The number of aliphatic imine (C=N–C) groups is 1. The van der Waals surface area contributed by atoms with Gasteiger partial charge in [-0.25, -0.2) is 0 Å². The fraction of sp³-hybridized carbons (Fsp3) is 0.933. The number of nitrogens with two attached hydrogens (primary N) is 1. The largest absolute Gasteiger partial charge is 0.382 e. The first-order valence-electron chi connectivity index (χ1n) is 8.00. The Kier molecular flexibility index (Phi) is 12.4. The molecule has 1 unspecified atom stereocenters. The van der Waals surface area contributed by atoms with Crippen molar-refractivity contribution in [3.05, 3.63) is 0 Å². The lowest BCUT2D eigenvalue weighted by Crippen LogP contribution is -2.41. The third-order valence-corrected chi connectivity index (χ3v) is 3.80. The molecule has 1 aliphatic heterocycles. The van der Waals surface area contributed by atoms with Crippen LogP contribution in [0.4, 0.5) is 0 Å². The van der Waals surface area contributed by atoms with Gasteiger partial charge >= 0.3 is 0 Å². The van der Waals surface area contributed by atoms with Crippen molar-refractivity contribution in [1.82, 2.24) is 10.2 Å². The van der Waals surface area contributed by atoms with Crippen molar-refractivity contribution in [3.8, 4) is 0 Å². The van der Waals surface area contributed by atoms with E-state index >= 15 is 0 Å². The normalized spacial score (nSPS) is 17.8. The maximum atomic E-state index is 5.92. The van der Waals surface area contributed by atoms with Crippen LogP contribution in [0.5, 0.6) is 0 Å². The van der Waals surface area contributed by atoms with Crippen molar-refractivity contribution in [2.45, 2.75) is 46.1 Å². The first-order chi connectivity index (χ1) is 9.65. The SMILES string of the molecule is CCOCCCNC(N)=NCC(C(C)C)N1CCCC1.I. The Morgan fingerprint density at radius 2 is 2.00 bits per heavy atom. The quantitative estimate of drug-likeness (QED) is 0.263. The Morgan fingerprint density at radius 1 is 1.33 bits per heavy atom. The van der Waals surface area contributed by atoms with Crippen molar-refractivity contribution in [2.24, 2.45) is 16.6 Å². The lowest BCUT2D eigenvalue weighted by molar-refractivity contribution is 0.145. The molecule has 0 bridgehead atoms. The van der Waals surface area contributed by atoms with Gasteiger partial charge in [-0.05, 0) is 45.2 Å². The first-order valence-corrected chi connectivity index (χ1v) is 8.00. The molecule has 0 spiro atoms. The van der Waals surface area contributed by atoms with Crippen LogP contribution in [0.3, 0.4) is 0 Å². The maximum absolute atomic E-state index is 5.92. The lowest BCUT2D eigenvalue weighted by atomic mass is 10.0. The third kappa shape index (κ3) is 8.83. The van der Waals surface area contributed by atoms with Gasteiger partial charge < -0.3 is 15.8 Å². The molecule has 1 atom stereocenters. The molecule has 1 fully saturated rings. The van der Waals surface area contributed by atoms with Gasteiger partial charge in [-0.2, -0.15) is 0 Å². The third-order valence-electron chi connectivity index (χ3n) is 3.80. The van der Waals surface area contributed by atoms with Gasteiger partial charge in [0.05, 0.1) is 6.54 Å². The highest BCUT2D eigenvalue weighted by molar-refractivity contribution is 14.0. The van der Waals surface area contributed by atoms with E-state index in [9.17, 15) is 0 Å². The van der Waals surface area contributed by atoms with Gasteiger partial charge in [0.15, 0.2) is 5.96 Å². The second-order valence-electron chi connectivity index (χ2n) is 5.76. The summed E-state index contributed by atoms with van der Waals surface area (Å²) in [6, 6.07) is 0.515. The van der Waals surface area contributed by atoms with E-state index in [1.54, 1.807) is 0 Å². The van der Waals surface area contributed by atoms with Gasteiger partial charge in [-0.15, -0.1) is 24.0 Å². The van der Waals surface area contributed by atoms with E-state index in [1.165, 1.54) is 25.9 Å². The van der Waals surface area contributed by atoms with Gasteiger partial charge in [0.2, 0.25) is 0 Å². The lowest BCUT2D eigenvalue weighted by Gasteiger charge is -2.29. The topological polar surface area (TPSA) is 62.9 Å². The zero-order chi connectivity index (χ0) is 14.8. The molecule has 0 amide bonds. The fourth-order valence-electron chi connectivity index (χ4n) is 2.60. The summed E-state index contributed by atoms with van der Waals surface area (Å²) < 4.78 is 5.29. The molecule has 1 heterocycles. The summed E-state index contributed by atoms with van der Waals surface area (Å²) in [4.78, 5) is 7.06. The average molecular weight is 412 g/mol. The predicted octanol–water partition coefficient (Wildman–Crippen LogP) is 2.06. The molecule has 5 nitrogen and oxygen atoms in total. The van der Waals surface area contributed by atoms with Gasteiger partial charge in [-0.3, -0.25) is 9.89 Å². The van der Waals surface area contributed by atoms with Gasteiger partial charge in [-0.1, -0.05) is 13.8 Å². The van der Waals surface area contributed by atoms with Crippen LogP contribution < -0.4 is 11.1 Å². The number of hydrogen-bond acceptors (Lipinski definition) is 3. The second-order valence-corrected chi connectivity index (χ2v) is 5.76. The van der Waals surface area contributed by atoms with Crippen LogP contribution in [-0.2, 0) is 4.74 Å². The minimum atomic E-state index is 0. The van der Waals surface area contributed by atoms with Crippen molar-refractivity contribution in [3.63, 3.8) is 0 Å². The number of nitrogens with zero attached hydrogens (tertiary/aromatic N) is 2. The molecule has 1 aliphatic rings. The Morgan fingerprint density at radius 3 is 2.57 bits per heavy atom. The Bertz CT molecular complexity index is 281. The summed E-state index contributed by atoms with van der Waals surface area (Å²) in [5.74, 6) is 1.17. The molecule has 0 aliphatic carbocycles. The minimum Gasteiger partial charge on any atom is -0.382 e. The zero-order valence-electron chi connectivity index (χ0n) is 13.8. The van der Waals surface area contributed by atoms with E-state index in [4.69, 9.17) is 10.5 Å². The van der Waals surface area contributed by atoms with Crippen LogP contribution in [0.1, 0.15) is 40.0 Å². The molecule has 0 aromatic carbocycles. The molecule has 21 heavy (non-hydrogen) atoms. The maximum Gasteiger partial charge on any atom is 0.188 e. The van der Waals surface area contributed by atoms with Crippen LogP contribution in [0, 0.1) is 5.92 Å². The number of nitrogens with one attached hydrogen (secondary N) is 1. The summed E-state index contributed by atoms with van der Waals surface area (Å²) in [5.41, 5.74) is 5.92. The summed E-state index contributed by atoms with van der Waals surface area (Å²) in [7, 11) is 0. The predicted molar refractivity (Wildman–Crippen MR) is 100 cm³/mol. The summed E-state index contributed by atoms with van der Waals surface area (Å²) in [6.07, 6.45) is 3.60. The summed E-state index contributed by atoms with van der Waals surface area (Å²) in [5, 5.41) is 3.16. The molecule has 0 aromatic rings. The van der Waals surface area contributed by atoms with Crippen LogP contribution in [-0.4, -0.2) is 56.3 Å². The minimum absolute atomic E-state index is 0. The van der Waals surface area contributed by atoms with Crippen molar-refractivity contribution in [1.29, 1.82) is 0 Å². The average Bonchev–Trinajstić information content (AvgIpc) is 2.92. The molecular weight excluding hydrogens is 379 g/mol. The van der Waals surface area contributed by atoms with Crippen molar-refractivity contribution in [2.75, 3.05) is 39.4 Å². The number of likely N-dealkylation sites (tertiary alicyclic amines) is 1. The monoisotopic (exact) mass is 412 g/mol. The molecule has 1 rings (SSSR count). The second kappa shape index (κ2) is 12.5. The molecule has 6 heteroatoms. The van der Waals surface area contributed by atoms with Crippen LogP contribution >= 0.6 is 24.0 Å². The zero-order valence-corrected chi connectivity index (χ0v) is 16.1. The Hall–Kier alpha value is -0.0800. The van der Waals surface area contributed by atoms with E-state index in [2.05, 4.69) is 29.1 Å². The molecular formula is C15H33IN4O. The number of hydrogen-bond donors (Lipinski definition) is 2. The summed E-state index contributed by atoms with van der Waals surface area (Å²) in [6.45, 7) is 12.1. The van der Waals surface area contributed by atoms with E-state index in [0.717, 1.165) is 32.7 Å². The molecule has 1 saturated heterocycles. The van der Waals surface area contributed by atoms with E-state index in [1.807, 2.05) is 6.92 Å². The van der Waals surface area contributed by atoms with Crippen LogP contribution in [0.15, 0.2) is 4.99 Å². The first kappa shape index (κ1) is 20.9. The van der Waals surface area contributed by atoms with E-state index in [0.29, 0.717) is 17.9 Å². The number of guanidine groups is 1. The molecule has 3 N–H and O–H groups in total. The summed E-state index contributed by atoms with van der Waals surface area (Å²) >= 11 is 0. The Balaban J connectivity index is 0.00000400. The van der Waals surface area contributed by atoms with Gasteiger partial charge in [0.25, 0.3) is 0 Å². The Labute approximate surface area is 147 Å². The van der Waals surface area contributed by atoms with Gasteiger partial charge in [0, 0.05) is 25.8 Å². The van der Waals surface area contributed by atoms with Crippen molar-refractivity contribution >= 4 is 29.9 Å². The molecule has 126 valence electrons. The molecule has 0 saturated carbocycles. The van der Waals surface area contributed by atoms with E-state index in [-0.39, 0.29) is 24.0 Å². The highest BCUT2D eigenvalue weighted by atomic mass is 127. The number of ether oxygens (including phenoxy) is 1. The van der Waals surface area contributed by atoms with Crippen LogP contribution in [0.2, 0.25) is 0 Å². The fourth-order valence-corrected chi connectivity index (χ4v) is 2.60. The van der Waals surface area contributed by atoms with E-state index < -0.39 is 0 Å². The van der Waals surface area contributed by atoms with Crippen LogP contribution in [0.25, 0.3) is 0 Å².